The van der Waals surface area contributed by atoms with E-state index >= 15 is 0 Å². The van der Waals surface area contributed by atoms with E-state index in [4.69, 9.17) is 0 Å². The van der Waals surface area contributed by atoms with E-state index in [9.17, 15) is 13.2 Å². The van der Waals surface area contributed by atoms with Gasteiger partial charge in [0.2, 0.25) is 5.91 Å². The van der Waals surface area contributed by atoms with Gasteiger partial charge in [-0.05, 0) is 37.1 Å². The molecule has 2 heterocycles. The fourth-order valence-electron chi connectivity index (χ4n) is 3.30. The van der Waals surface area contributed by atoms with E-state index in [1.807, 2.05) is 0 Å². The molecule has 1 aliphatic heterocycles. The molecule has 2 fully saturated rings. The van der Waals surface area contributed by atoms with Crippen molar-refractivity contribution in [1.82, 2.24) is 9.62 Å². The highest BCUT2D eigenvalue weighted by molar-refractivity contribution is 7.91. The Morgan fingerprint density at radius 3 is 2.68 bits per heavy atom. The van der Waals surface area contributed by atoms with Crippen LogP contribution in [0.2, 0.25) is 0 Å². The lowest BCUT2D eigenvalue weighted by molar-refractivity contribution is -0.126. The van der Waals surface area contributed by atoms with Gasteiger partial charge in [0.05, 0.1) is 5.92 Å². The SMILES string of the molecule is O=C(NC1CCCC1)[C@@H]1CCCN(S(=O)(=O)c2cccs2)C1. The first-order valence-corrected chi connectivity index (χ1v) is 10.2. The van der Waals surface area contributed by atoms with E-state index in [-0.39, 0.29) is 17.9 Å². The minimum Gasteiger partial charge on any atom is -0.353 e. The molecular formula is C15H22N2O3S2. The van der Waals surface area contributed by atoms with E-state index in [0.29, 0.717) is 17.3 Å². The van der Waals surface area contributed by atoms with Crippen LogP contribution in [0.4, 0.5) is 0 Å². The Morgan fingerprint density at radius 1 is 1.23 bits per heavy atom. The van der Waals surface area contributed by atoms with E-state index < -0.39 is 10.0 Å². The predicted molar refractivity (Wildman–Crippen MR) is 86.2 cm³/mol. The summed E-state index contributed by atoms with van der Waals surface area (Å²) in [6.07, 6.45) is 5.97. The van der Waals surface area contributed by atoms with Gasteiger partial charge >= 0.3 is 0 Å². The van der Waals surface area contributed by atoms with E-state index in [2.05, 4.69) is 5.32 Å². The minimum absolute atomic E-state index is 0.0259. The summed E-state index contributed by atoms with van der Waals surface area (Å²) < 4.78 is 27.0. The predicted octanol–water partition coefficient (Wildman–Crippen LogP) is 2.21. The minimum atomic E-state index is -3.44. The second kappa shape index (κ2) is 6.68. The molecule has 1 N–H and O–H groups in total. The summed E-state index contributed by atoms with van der Waals surface area (Å²) in [5.74, 6) is -0.193. The molecule has 1 amide bonds. The third kappa shape index (κ3) is 3.36. The summed E-state index contributed by atoms with van der Waals surface area (Å²) in [7, 11) is -3.44. The smallest absolute Gasteiger partial charge is 0.252 e. The van der Waals surface area contributed by atoms with Crippen LogP contribution in [0.15, 0.2) is 21.7 Å². The molecule has 0 unspecified atom stereocenters. The molecule has 0 bridgehead atoms. The summed E-state index contributed by atoms with van der Waals surface area (Å²) in [5.41, 5.74) is 0. The average molecular weight is 342 g/mol. The van der Waals surface area contributed by atoms with Crippen molar-refractivity contribution >= 4 is 27.3 Å². The molecule has 0 aromatic carbocycles. The molecule has 5 nitrogen and oxygen atoms in total. The number of thiophene rings is 1. The molecule has 1 aliphatic carbocycles. The van der Waals surface area contributed by atoms with Gasteiger partial charge in [0.15, 0.2) is 0 Å². The molecule has 0 radical (unpaired) electrons. The molecule has 2 aliphatic rings. The first-order chi connectivity index (χ1) is 10.6. The summed E-state index contributed by atoms with van der Waals surface area (Å²) >= 11 is 1.23. The maximum Gasteiger partial charge on any atom is 0.252 e. The Bertz CT molecular complexity index is 607. The van der Waals surface area contributed by atoms with Crippen molar-refractivity contribution in [3.05, 3.63) is 17.5 Å². The fraction of sp³-hybridized carbons (Fsp3) is 0.667. The van der Waals surface area contributed by atoms with Crippen LogP contribution in [0.1, 0.15) is 38.5 Å². The van der Waals surface area contributed by atoms with Crippen molar-refractivity contribution in [2.45, 2.75) is 48.8 Å². The highest BCUT2D eigenvalue weighted by atomic mass is 32.2. The molecule has 1 aromatic rings. The zero-order valence-electron chi connectivity index (χ0n) is 12.5. The molecule has 1 saturated carbocycles. The largest absolute Gasteiger partial charge is 0.353 e. The summed E-state index contributed by atoms with van der Waals surface area (Å²) in [5, 5.41) is 4.86. The average Bonchev–Trinajstić information content (AvgIpc) is 3.21. The Morgan fingerprint density at radius 2 is 2.00 bits per heavy atom. The number of amides is 1. The van der Waals surface area contributed by atoms with Crippen LogP contribution in [-0.4, -0.2) is 37.8 Å². The van der Waals surface area contributed by atoms with Crippen LogP contribution in [0, 0.1) is 5.92 Å². The molecule has 22 heavy (non-hydrogen) atoms. The van der Waals surface area contributed by atoms with Crippen LogP contribution in [-0.2, 0) is 14.8 Å². The molecule has 1 atom stereocenters. The Hall–Kier alpha value is -0.920. The van der Waals surface area contributed by atoms with Crippen molar-refractivity contribution in [2.75, 3.05) is 13.1 Å². The van der Waals surface area contributed by atoms with Crippen molar-refractivity contribution < 1.29 is 13.2 Å². The van der Waals surface area contributed by atoms with Gasteiger partial charge in [0.1, 0.15) is 4.21 Å². The van der Waals surface area contributed by atoms with E-state index in [0.717, 1.165) is 25.7 Å². The van der Waals surface area contributed by atoms with Crippen LogP contribution in [0.3, 0.4) is 0 Å². The molecule has 0 spiro atoms. The first kappa shape index (κ1) is 16.0. The zero-order valence-corrected chi connectivity index (χ0v) is 14.2. The molecular weight excluding hydrogens is 320 g/mol. The lowest BCUT2D eigenvalue weighted by Crippen LogP contribution is -2.47. The summed E-state index contributed by atoms with van der Waals surface area (Å²) in [6.45, 7) is 0.812. The van der Waals surface area contributed by atoms with E-state index in [1.54, 1.807) is 17.5 Å². The van der Waals surface area contributed by atoms with Gasteiger partial charge in [0, 0.05) is 19.1 Å². The second-order valence-corrected chi connectivity index (χ2v) is 9.24. The van der Waals surface area contributed by atoms with Gasteiger partial charge < -0.3 is 5.32 Å². The number of nitrogens with zero attached hydrogens (tertiary/aromatic N) is 1. The van der Waals surface area contributed by atoms with Gasteiger partial charge in [-0.25, -0.2) is 8.42 Å². The lowest BCUT2D eigenvalue weighted by Gasteiger charge is -2.31. The number of carbonyl (C=O) groups excluding carboxylic acids is 1. The van der Waals surface area contributed by atoms with Crippen LogP contribution < -0.4 is 5.32 Å². The molecule has 122 valence electrons. The normalized spacial score (nSPS) is 24.5. The summed E-state index contributed by atoms with van der Waals surface area (Å²) in [4.78, 5) is 12.4. The first-order valence-electron chi connectivity index (χ1n) is 7.91. The number of sulfonamides is 1. The van der Waals surface area contributed by atoms with Gasteiger partial charge in [-0.3, -0.25) is 4.79 Å². The van der Waals surface area contributed by atoms with Gasteiger partial charge in [-0.15, -0.1) is 11.3 Å². The standard InChI is InChI=1S/C15H22N2O3S2/c18-15(16-13-6-1-2-7-13)12-5-3-9-17(11-12)22(19,20)14-8-4-10-21-14/h4,8,10,12-13H,1-3,5-7,9,11H2,(H,16,18)/t12-/m1/s1. The number of carbonyl (C=O) groups is 1. The second-order valence-electron chi connectivity index (χ2n) is 6.12. The topological polar surface area (TPSA) is 66.5 Å². The van der Waals surface area contributed by atoms with Crippen LogP contribution in [0.5, 0.6) is 0 Å². The number of nitrogens with one attached hydrogen (secondary N) is 1. The Balaban J connectivity index is 1.65. The van der Waals surface area contributed by atoms with Crippen LogP contribution >= 0.6 is 11.3 Å². The van der Waals surface area contributed by atoms with Crippen molar-refractivity contribution in [3.8, 4) is 0 Å². The maximum atomic E-state index is 12.6. The van der Waals surface area contributed by atoms with Crippen molar-refractivity contribution in [2.24, 2.45) is 5.92 Å². The highest BCUT2D eigenvalue weighted by Crippen LogP contribution is 2.27. The third-order valence-corrected chi connectivity index (χ3v) is 7.78. The Labute approximate surface area is 135 Å². The molecule has 1 saturated heterocycles. The Kier molecular flexibility index (Phi) is 4.84. The van der Waals surface area contributed by atoms with Crippen molar-refractivity contribution in [3.63, 3.8) is 0 Å². The van der Waals surface area contributed by atoms with E-state index in [1.165, 1.54) is 28.5 Å². The third-order valence-electron chi connectivity index (χ3n) is 4.55. The zero-order chi connectivity index (χ0) is 15.6. The molecule has 1 aromatic heterocycles. The number of hydrogen-bond donors (Lipinski definition) is 1. The summed E-state index contributed by atoms with van der Waals surface area (Å²) in [6, 6.07) is 3.66. The van der Waals surface area contributed by atoms with Crippen molar-refractivity contribution in [1.29, 1.82) is 0 Å². The number of hydrogen-bond acceptors (Lipinski definition) is 4. The maximum absolute atomic E-state index is 12.6. The van der Waals surface area contributed by atoms with Gasteiger partial charge in [-0.2, -0.15) is 4.31 Å². The number of rotatable bonds is 4. The lowest BCUT2D eigenvalue weighted by atomic mass is 9.98. The quantitative estimate of drug-likeness (QED) is 0.912. The van der Waals surface area contributed by atoms with Crippen LogP contribution in [0.25, 0.3) is 0 Å². The van der Waals surface area contributed by atoms with Gasteiger partial charge in [-0.1, -0.05) is 18.9 Å². The monoisotopic (exact) mass is 342 g/mol. The number of piperidine rings is 1. The highest BCUT2D eigenvalue weighted by Gasteiger charge is 2.34. The van der Waals surface area contributed by atoms with Gasteiger partial charge in [0.25, 0.3) is 10.0 Å². The molecule has 3 rings (SSSR count). The molecule has 7 heteroatoms. The fourth-order valence-corrected chi connectivity index (χ4v) is 5.97.